The summed E-state index contributed by atoms with van der Waals surface area (Å²) in [6, 6.07) is 6.24. The molecule has 0 spiro atoms. The lowest BCUT2D eigenvalue weighted by Crippen LogP contribution is -2.65. The fraction of sp³-hybridized carbons (Fsp3) is 0.778. The standard InChI is InChI=1S/C45H66N2O5/c1-28(2)36-30(48)26-44(23-25-47-45(21-22-45)33-12-10-11-24-46-33)20-19-42(8)29(37(36)44)13-14-32-41(7)17-16-34(52-35(49)27-39(3,4)38(50)51)40(5,6)31(41)15-18-43(32,42)9/h10-12,24,28-29,31-32,34,47H,13-23,25-27H2,1-9H3,(H,50,51)/t29-,31+,32-,34+,41+,42-,43-,44-/m1/s1. The molecule has 5 saturated carbocycles. The predicted molar refractivity (Wildman–Crippen MR) is 203 cm³/mol. The first-order valence-electron chi connectivity index (χ1n) is 20.6. The zero-order valence-corrected chi connectivity index (χ0v) is 33.6. The molecular weight excluding hydrogens is 649 g/mol. The number of nitrogens with zero attached hydrogens (tertiary/aromatic N) is 1. The van der Waals surface area contributed by atoms with Crippen LogP contribution in [0.15, 0.2) is 35.5 Å². The molecule has 7 heteroatoms. The first-order chi connectivity index (χ1) is 24.3. The molecule has 1 aromatic heterocycles. The Kier molecular flexibility index (Phi) is 9.07. The monoisotopic (exact) mass is 714 g/mol. The molecule has 0 unspecified atom stereocenters. The van der Waals surface area contributed by atoms with Crippen LogP contribution in [0.2, 0.25) is 0 Å². The molecule has 6 aliphatic rings. The van der Waals surface area contributed by atoms with E-state index in [9.17, 15) is 19.5 Å². The largest absolute Gasteiger partial charge is 0.481 e. The molecule has 1 aromatic rings. The second-order valence-corrected chi connectivity index (χ2v) is 20.7. The number of aliphatic carboxylic acids is 1. The number of carboxylic acid groups (broad SMARTS) is 1. The maximum Gasteiger partial charge on any atom is 0.309 e. The number of carbonyl (C=O) groups excluding carboxylic acids is 2. The molecule has 8 atom stereocenters. The van der Waals surface area contributed by atoms with Crippen molar-refractivity contribution in [2.75, 3.05) is 6.54 Å². The highest BCUT2D eigenvalue weighted by molar-refractivity contribution is 6.00. The van der Waals surface area contributed by atoms with Gasteiger partial charge >= 0.3 is 11.9 Å². The SMILES string of the molecule is CC(C)C1=C2[C@H]3CC[C@@H]4[C@@]5(C)CC[C@H](OC(=O)CC(C)(C)C(=O)O)C(C)(C)[C@@H]5CC[C@@]4(C)[C@]3(C)CC[C@@]2(CCNC2(c3ccccn3)CC2)CC1=O. The van der Waals surface area contributed by atoms with Crippen molar-refractivity contribution in [1.29, 1.82) is 0 Å². The molecule has 2 N–H and O–H groups in total. The van der Waals surface area contributed by atoms with E-state index in [1.165, 1.54) is 18.4 Å². The third kappa shape index (κ3) is 5.58. The number of ether oxygens (including phenoxy) is 1. The van der Waals surface area contributed by atoms with Crippen LogP contribution in [0.25, 0.3) is 0 Å². The number of Topliss-reactive ketones (excluding diaryl/α,β-unsaturated/α-hetero) is 1. The minimum Gasteiger partial charge on any atom is -0.481 e. The molecule has 0 amide bonds. The third-order valence-electron chi connectivity index (χ3n) is 16.9. The van der Waals surface area contributed by atoms with Crippen LogP contribution in [0.5, 0.6) is 0 Å². The second kappa shape index (κ2) is 12.5. The lowest BCUT2D eigenvalue weighted by molar-refractivity contribution is -0.233. The minimum absolute atomic E-state index is 0.00571. The zero-order valence-electron chi connectivity index (χ0n) is 33.6. The number of hydrogen-bond acceptors (Lipinski definition) is 6. The highest BCUT2D eigenvalue weighted by Crippen LogP contribution is 2.77. The van der Waals surface area contributed by atoms with Gasteiger partial charge in [-0.1, -0.05) is 60.1 Å². The number of pyridine rings is 1. The van der Waals surface area contributed by atoms with Crippen LogP contribution in [0.4, 0.5) is 0 Å². The van der Waals surface area contributed by atoms with Crippen LogP contribution in [-0.2, 0) is 24.7 Å². The van der Waals surface area contributed by atoms with Crippen molar-refractivity contribution in [2.24, 2.45) is 56.2 Å². The molecule has 7 rings (SSSR count). The highest BCUT2D eigenvalue weighted by Gasteiger charge is 2.70. The van der Waals surface area contributed by atoms with Crippen molar-refractivity contribution < 1.29 is 24.2 Å². The molecule has 0 bridgehead atoms. The van der Waals surface area contributed by atoms with Gasteiger partial charge in [-0.15, -0.1) is 0 Å². The summed E-state index contributed by atoms with van der Waals surface area (Å²) in [5.74, 6) is 0.680. The number of nitrogens with one attached hydrogen (secondary N) is 1. The van der Waals surface area contributed by atoms with Gasteiger partial charge in [-0.2, -0.15) is 0 Å². The Bertz CT molecular complexity index is 1640. The Morgan fingerprint density at radius 3 is 2.31 bits per heavy atom. The molecule has 5 fully saturated rings. The lowest BCUT2D eigenvalue weighted by Gasteiger charge is -2.72. The van der Waals surface area contributed by atoms with E-state index >= 15 is 0 Å². The quantitative estimate of drug-likeness (QED) is 0.233. The Labute approximate surface area is 312 Å². The first-order valence-corrected chi connectivity index (χ1v) is 20.6. The van der Waals surface area contributed by atoms with Crippen molar-refractivity contribution in [2.45, 2.75) is 157 Å². The van der Waals surface area contributed by atoms with Gasteiger partial charge in [-0.3, -0.25) is 19.4 Å². The molecule has 0 aliphatic heterocycles. The van der Waals surface area contributed by atoms with Gasteiger partial charge in [0.05, 0.1) is 23.1 Å². The summed E-state index contributed by atoms with van der Waals surface area (Å²) in [5, 5.41) is 13.6. The van der Waals surface area contributed by atoms with Gasteiger partial charge in [0.2, 0.25) is 0 Å². The molecule has 7 nitrogen and oxygen atoms in total. The van der Waals surface area contributed by atoms with Gasteiger partial charge in [0, 0.05) is 23.4 Å². The average Bonchev–Trinajstić information content (AvgIpc) is 3.79. The average molecular weight is 715 g/mol. The highest BCUT2D eigenvalue weighted by atomic mass is 16.5. The summed E-state index contributed by atoms with van der Waals surface area (Å²) >= 11 is 0. The Morgan fingerprint density at radius 1 is 0.942 bits per heavy atom. The summed E-state index contributed by atoms with van der Waals surface area (Å²) < 4.78 is 6.19. The summed E-state index contributed by atoms with van der Waals surface area (Å²) in [6.45, 7) is 21.0. The fourth-order valence-corrected chi connectivity index (χ4v) is 13.7. The Balaban J connectivity index is 1.13. The molecule has 0 aromatic carbocycles. The second-order valence-electron chi connectivity index (χ2n) is 20.7. The van der Waals surface area contributed by atoms with Gasteiger partial charge in [0.1, 0.15) is 6.10 Å². The van der Waals surface area contributed by atoms with Crippen LogP contribution < -0.4 is 5.32 Å². The number of aromatic nitrogens is 1. The molecular formula is C45H66N2O5. The first kappa shape index (κ1) is 37.8. The van der Waals surface area contributed by atoms with E-state index in [4.69, 9.17) is 9.72 Å². The van der Waals surface area contributed by atoms with Crippen molar-refractivity contribution in [1.82, 2.24) is 10.3 Å². The number of esters is 1. The number of hydrogen-bond donors (Lipinski definition) is 2. The van der Waals surface area contributed by atoms with E-state index in [0.29, 0.717) is 30.0 Å². The molecule has 6 aliphatic carbocycles. The van der Waals surface area contributed by atoms with Crippen LogP contribution in [-0.4, -0.2) is 40.5 Å². The van der Waals surface area contributed by atoms with Crippen molar-refractivity contribution in [3.63, 3.8) is 0 Å². The maximum absolute atomic E-state index is 14.1. The summed E-state index contributed by atoms with van der Waals surface area (Å²) in [4.78, 5) is 43.7. The third-order valence-corrected chi connectivity index (χ3v) is 16.9. The predicted octanol–water partition coefficient (Wildman–Crippen LogP) is 9.44. The number of fused-ring (bicyclic) bond motifs is 7. The van der Waals surface area contributed by atoms with Crippen molar-refractivity contribution >= 4 is 17.7 Å². The Hall–Kier alpha value is -2.54. The maximum atomic E-state index is 14.1. The van der Waals surface area contributed by atoms with Gasteiger partial charge in [0.15, 0.2) is 5.78 Å². The van der Waals surface area contributed by atoms with Gasteiger partial charge in [0.25, 0.3) is 0 Å². The van der Waals surface area contributed by atoms with Crippen molar-refractivity contribution in [3.05, 3.63) is 41.2 Å². The van der Waals surface area contributed by atoms with E-state index in [1.54, 1.807) is 19.4 Å². The van der Waals surface area contributed by atoms with E-state index < -0.39 is 17.4 Å². The summed E-state index contributed by atoms with van der Waals surface area (Å²) in [5.41, 5.74) is 2.85. The van der Waals surface area contributed by atoms with Crippen LogP contribution in [0.3, 0.4) is 0 Å². The van der Waals surface area contributed by atoms with Crippen LogP contribution in [0.1, 0.15) is 151 Å². The van der Waals surface area contributed by atoms with Crippen molar-refractivity contribution in [3.8, 4) is 0 Å². The lowest BCUT2D eigenvalue weighted by atomic mass is 9.33. The summed E-state index contributed by atoms with van der Waals surface area (Å²) in [7, 11) is 0. The molecule has 286 valence electrons. The van der Waals surface area contributed by atoms with E-state index in [1.807, 2.05) is 12.3 Å². The van der Waals surface area contributed by atoms with Gasteiger partial charge in [-0.25, -0.2) is 0 Å². The van der Waals surface area contributed by atoms with E-state index in [2.05, 4.69) is 65.9 Å². The minimum atomic E-state index is -1.15. The molecule has 52 heavy (non-hydrogen) atoms. The fourth-order valence-electron chi connectivity index (χ4n) is 13.7. The zero-order chi connectivity index (χ0) is 37.7. The number of ketones is 1. The summed E-state index contributed by atoms with van der Waals surface area (Å²) in [6.07, 6.45) is 14.2. The van der Waals surface area contributed by atoms with E-state index in [0.717, 1.165) is 70.0 Å². The Morgan fingerprint density at radius 2 is 1.67 bits per heavy atom. The number of allylic oxidation sites excluding steroid dienone is 2. The smallest absolute Gasteiger partial charge is 0.309 e. The number of carboxylic acids is 1. The topological polar surface area (TPSA) is 106 Å². The molecule has 1 heterocycles. The molecule has 0 saturated heterocycles. The molecule has 0 radical (unpaired) electrons. The number of rotatable bonds is 10. The van der Waals surface area contributed by atoms with E-state index in [-0.39, 0.29) is 51.1 Å². The van der Waals surface area contributed by atoms with Crippen LogP contribution >= 0.6 is 0 Å². The normalized spacial score (nSPS) is 38.9. The number of carbonyl (C=O) groups is 3. The van der Waals surface area contributed by atoms with Gasteiger partial charge in [-0.05, 0) is 149 Å². The van der Waals surface area contributed by atoms with Gasteiger partial charge < -0.3 is 15.2 Å². The van der Waals surface area contributed by atoms with Crippen LogP contribution in [0, 0.1) is 56.2 Å².